The second-order valence-electron chi connectivity index (χ2n) is 6.86. The lowest BCUT2D eigenvalue weighted by molar-refractivity contribution is -0.137. The van der Waals surface area contributed by atoms with Crippen molar-refractivity contribution in [3.05, 3.63) is 106 Å². The van der Waals surface area contributed by atoms with E-state index in [1.54, 1.807) is 12.1 Å². The molecule has 1 heterocycles. The van der Waals surface area contributed by atoms with Crippen LogP contribution in [0.25, 0.3) is 5.69 Å². The molecular formula is C23H17ClF3N3S. The minimum absolute atomic E-state index is 0.327. The van der Waals surface area contributed by atoms with Gasteiger partial charge in [0.25, 0.3) is 0 Å². The number of aromatic nitrogens is 3. The Morgan fingerprint density at radius 2 is 1.58 bits per heavy atom. The van der Waals surface area contributed by atoms with Crippen LogP contribution >= 0.6 is 23.4 Å². The van der Waals surface area contributed by atoms with Gasteiger partial charge >= 0.3 is 6.18 Å². The summed E-state index contributed by atoms with van der Waals surface area (Å²) in [6.07, 6.45) is -3.81. The molecule has 0 saturated carbocycles. The summed E-state index contributed by atoms with van der Waals surface area (Å²) in [5.74, 6) is 1.05. The van der Waals surface area contributed by atoms with Crippen LogP contribution in [-0.2, 0) is 18.3 Å². The Balaban J connectivity index is 1.65. The van der Waals surface area contributed by atoms with E-state index in [0.29, 0.717) is 27.9 Å². The van der Waals surface area contributed by atoms with Crippen LogP contribution in [0.4, 0.5) is 13.2 Å². The first-order chi connectivity index (χ1) is 14.9. The lowest BCUT2D eigenvalue weighted by Crippen LogP contribution is -2.05. The molecule has 4 aromatic rings. The van der Waals surface area contributed by atoms with Crippen LogP contribution in [0.1, 0.15) is 22.5 Å². The molecule has 158 valence electrons. The fourth-order valence-corrected chi connectivity index (χ4v) is 4.24. The minimum atomic E-state index is -4.37. The van der Waals surface area contributed by atoms with E-state index in [-0.39, 0.29) is 0 Å². The molecule has 0 aliphatic carbocycles. The van der Waals surface area contributed by atoms with Gasteiger partial charge in [0.05, 0.1) is 11.3 Å². The van der Waals surface area contributed by atoms with Gasteiger partial charge in [0.15, 0.2) is 5.16 Å². The maximum Gasteiger partial charge on any atom is 0.416 e. The zero-order chi connectivity index (χ0) is 21.8. The molecule has 0 fully saturated rings. The lowest BCUT2D eigenvalue weighted by Gasteiger charge is -2.11. The number of rotatable bonds is 6. The Morgan fingerprint density at radius 1 is 0.839 bits per heavy atom. The van der Waals surface area contributed by atoms with Crippen LogP contribution in [0.3, 0.4) is 0 Å². The van der Waals surface area contributed by atoms with E-state index >= 15 is 0 Å². The van der Waals surface area contributed by atoms with Gasteiger partial charge in [-0.25, -0.2) is 0 Å². The summed E-state index contributed by atoms with van der Waals surface area (Å²) in [7, 11) is 0. The van der Waals surface area contributed by atoms with Crippen LogP contribution < -0.4 is 0 Å². The average Bonchev–Trinajstić information content (AvgIpc) is 3.15. The van der Waals surface area contributed by atoms with Crippen LogP contribution in [0, 0.1) is 0 Å². The molecule has 0 saturated heterocycles. The van der Waals surface area contributed by atoms with Crippen molar-refractivity contribution >= 4 is 23.4 Å². The van der Waals surface area contributed by atoms with Crippen molar-refractivity contribution in [2.45, 2.75) is 23.5 Å². The van der Waals surface area contributed by atoms with Gasteiger partial charge in [0.1, 0.15) is 5.82 Å². The van der Waals surface area contributed by atoms with Crippen LogP contribution in [-0.4, -0.2) is 14.8 Å². The summed E-state index contributed by atoms with van der Waals surface area (Å²) in [5, 5.41) is 9.83. The molecule has 0 unspecified atom stereocenters. The first-order valence-corrected chi connectivity index (χ1v) is 10.8. The highest BCUT2D eigenvalue weighted by atomic mass is 35.5. The molecule has 0 amide bonds. The molecule has 0 aliphatic heterocycles. The third-order valence-corrected chi connectivity index (χ3v) is 5.83. The molecule has 0 spiro atoms. The standard InChI is InChI=1S/C23H17ClF3N3S/c24-19-10-5-11-20(14-19)30-21(13-16-6-2-1-3-7-16)28-29-22(30)31-15-17-8-4-9-18(12-17)23(25,26)27/h1-12,14H,13,15H2. The van der Waals surface area contributed by atoms with Crippen molar-refractivity contribution in [3.8, 4) is 5.69 Å². The Labute approximate surface area is 186 Å². The van der Waals surface area contributed by atoms with Gasteiger partial charge in [-0.15, -0.1) is 10.2 Å². The second kappa shape index (κ2) is 9.16. The van der Waals surface area contributed by atoms with Crippen molar-refractivity contribution in [2.24, 2.45) is 0 Å². The topological polar surface area (TPSA) is 30.7 Å². The van der Waals surface area contributed by atoms with E-state index in [2.05, 4.69) is 10.2 Å². The van der Waals surface area contributed by atoms with E-state index in [4.69, 9.17) is 11.6 Å². The predicted octanol–water partition coefficient (Wildman–Crippen LogP) is 6.82. The van der Waals surface area contributed by atoms with Crippen molar-refractivity contribution in [1.82, 2.24) is 14.8 Å². The van der Waals surface area contributed by atoms with E-state index in [9.17, 15) is 13.2 Å². The summed E-state index contributed by atoms with van der Waals surface area (Å²) in [4.78, 5) is 0. The predicted molar refractivity (Wildman–Crippen MR) is 117 cm³/mol. The molecule has 0 bridgehead atoms. The van der Waals surface area contributed by atoms with Crippen molar-refractivity contribution in [1.29, 1.82) is 0 Å². The molecule has 8 heteroatoms. The zero-order valence-corrected chi connectivity index (χ0v) is 17.8. The zero-order valence-electron chi connectivity index (χ0n) is 16.2. The van der Waals surface area contributed by atoms with Gasteiger partial charge in [-0.2, -0.15) is 13.2 Å². The van der Waals surface area contributed by atoms with Gasteiger partial charge in [-0.05, 0) is 35.4 Å². The number of hydrogen-bond acceptors (Lipinski definition) is 3. The number of hydrogen-bond donors (Lipinski definition) is 0. The largest absolute Gasteiger partial charge is 0.416 e. The first kappa shape index (κ1) is 21.5. The molecule has 3 aromatic carbocycles. The molecule has 0 radical (unpaired) electrons. The van der Waals surface area contributed by atoms with Crippen molar-refractivity contribution in [2.75, 3.05) is 0 Å². The van der Waals surface area contributed by atoms with Crippen LogP contribution in [0.15, 0.2) is 84.0 Å². The van der Waals surface area contributed by atoms with Gasteiger partial charge < -0.3 is 0 Å². The lowest BCUT2D eigenvalue weighted by atomic mass is 10.1. The van der Waals surface area contributed by atoms with Crippen molar-refractivity contribution < 1.29 is 13.2 Å². The molecule has 31 heavy (non-hydrogen) atoms. The highest BCUT2D eigenvalue weighted by Crippen LogP contribution is 2.32. The molecule has 3 nitrogen and oxygen atoms in total. The number of nitrogens with zero attached hydrogens (tertiary/aromatic N) is 3. The van der Waals surface area contributed by atoms with Gasteiger partial charge in [-0.1, -0.05) is 78.0 Å². The maximum absolute atomic E-state index is 13.0. The second-order valence-corrected chi connectivity index (χ2v) is 8.24. The van der Waals surface area contributed by atoms with Crippen LogP contribution in [0.2, 0.25) is 5.02 Å². The smallest absolute Gasteiger partial charge is 0.274 e. The molecule has 0 aliphatic rings. The average molecular weight is 460 g/mol. The summed E-state index contributed by atoms with van der Waals surface area (Å²) in [6.45, 7) is 0. The molecule has 4 rings (SSSR count). The first-order valence-electron chi connectivity index (χ1n) is 9.43. The maximum atomic E-state index is 13.0. The third kappa shape index (κ3) is 5.29. The Kier molecular flexibility index (Phi) is 6.34. The SMILES string of the molecule is FC(F)(F)c1cccc(CSc2nnc(Cc3ccccc3)n2-c2cccc(Cl)c2)c1. The summed E-state index contributed by atoms with van der Waals surface area (Å²) in [6, 6.07) is 22.5. The van der Waals surface area contributed by atoms with E-state index in [1.807, 2.05) is 53.1 Å². The molecular weight excluding hydrogens is 443 g/mol. The Morgan fingerprint density at radius 3 is 2.32 bits per heavy atom. The Hall–Kier alpha value is -2.77. The van der Waals surface area contributed by atoms with E-state index < -0.39 is 11.7 Å². The van der Waals surface area contributed by atoms with Gasteiger partial charge in [0.2, 0.25) is 0 Å². The fraction of sp³-hybridized carbons (Fsp3) is 0.130. The van der Waals surface area contributed by atoms with Crippen molar-refractivity contribution in [3.63, 3.8) is 0 Å². The van der Waals surface area contributed by atoms with Gasteiger partial charge in [-0.3, -0.25) is 4.57 Å². The van der Waals surface area contributed by atoms with Gasteiger partial charge in [0, 0.05) is 17.2 Å². The molecule has 1 aromatic heterocycles. The molecule has 0 atom stereocenters. The highest BCUT2D eigenvalue weighted by Gasteiger charge is 2.30. The molecule has 0 N–H and O–H groups in total. The van der Waals surface area contributed by atoms with E-state index in [0.717, 1.165) is 29.2 Å². The normalized spacial score (nSPS) is 11.6. The number of thioether (sulfide) groups is 1. The summed E-state index contributed by atoms with van der Waals surface area (Å²) in [5.41, 5.74) is 1.78. The highest BCUT2D eigenvalue weighted by molar-refractivity contribution is 7.98. The fourth-order valence-electron chi connectivity index (χ4n) is 3.15. The van der Waals surface area contributed by atoms with Crippen LogP contribution in [0.5, 0.6) is 0 Å². The number of benzene rings is 3. The monoisotopic (exact) mass is 459 g/mol. The summed E-state index contributed by atoms with van der Waals surface area (Å²) >= 11 is 7.52. The number of halogens is 4. The number of alkyl halides is 3. The summed E-state index contributed by atoms with van der Waals surface area (Å²) < 4.78 is 41.0. The quantitative estimate of drug-likeness (QED) is 0.296. The Bertz CT molecular complexity index is 1180. The van der Waals surface area contributed by atoms with E-state index in [1.165, 1.54) is 17.8 Å². The minimum Gasteiger partial charge on any atom is -0.274 e. The third-order valence-electron chi connectivity index (χ3n) is 4.59.